The molecule has 1 aliphatic rings. The van der Waals surface area contributed by atoms with Crippen molar-refractivity contribution in [2.75, 3.05) is 0 Å². The first-order chi connectivity index (χ1) is 11.2. The van der Waals surface area contributed by atoms with Crippen molar-refractivity contribution in [2.45, 2.75) is 33.1 Å². The van der Waals surface area contributed by atoms with Crippen molar-refractivity contribution in [2.24, 2.45) is 0 Å². The average molecular weight is 373 g/mol. The van der Waals surface area contributed by atoms with Crippen molar-refractivity contribution in [3.05, 3.63) is 76.0 Å². The fourth-order valence-corrected chi connectivity index (χ4v) is 5.78. The van der Waals surface area contributed by atoms with E-state index in [9.17, 15) is 4.39 Å². The van der Waals surface area contributed by atoms with Crippen molar-refractivity contribution in [1.29, 1.82) is 0 Å². The Labute approximate surface area is 144 Å². The van der Waals surface area contributed by atoms with Crippen LogP contribution in [0.1, 0.15) is 37.8 Å². The molecule has 2 heteroatoms. The predicted octanol–water partition coefficient (Wildman–Crippen LogP) is 5.26. The van der Waals surface area contributed by atoms with Gasteiger partial charge in [-0.15, -0.1) is 0 Å². The normalized spacial score (nSPS) is 15.6. The third kappa shape index (κ3) is 3.65. The van der Waals surface area contributed by atoms with E-state index < -0.39 is 0 Å². The summed E-state index contributed by atoms with van der Waals surface area (Å²) in [7, 11) is 0. The van der Waals surface area contributed by atoms with Crippen LogP contribution in [0.4, 0.5) is 4.39 Å². The first-order valence-electron chi connectivity index (χ1n) is 8.28. The van der Waals surface area contributed by atoms with E-state index in [1.807, 2.05) is 12.1 Å². The second-order valence-corrected chi connectivity index (χ2v) is 8.89. The van der Waals surface area contributed by atoms with Gasteiger partial charge >= 0.3 is 144 Å². The SMILES string of the molecule is CCCC1=CC=C(c2ccc(-c3ccc(CC)cc3)cc2F)[SeH2]1. The molecule has 2 aromatic carbocycles. The van der Waals surface area contributed by atoms with E-state index in [4.69, 9.17) is 0 Å². The molecule has 0 radical (unpaired) electrons. The van der Waals surface area contributed by atoms with Gasteiger partial charge in [-0.25, -0.2) is 0 Å². The number of aryl methyl sites for hydroxylation is 1. The van der Waals surface area contributed by atoms with Crippen molar-refractivity contribution in [3.63, 3.8) is 0 Å². The van der Waals surface area contributed by atoms with Crippen LogP contribution in [-0.2, 0) is 6.42 Å². The summed E-state index contributed by atoms with van der Waals surface area (Å²) < 4.78 is 17.4. The van der Waals surface area contributed by atoms with Gasteiger partial charge in [0.2, 0.25) is 0 Å². The van der Waals surface area contributed by atoms with Gasteiger partial charge in [0.05, 0.1) is 0 Å². The minimum atomic E-state index is -0.326. The summed E-state index contributed by atoms with van der Waals surface area (Å²) in [6.07, 6.45) is 7.68. The Bertz CT molecular complexity index is 754. The topological polar surface area (TPSA) is 0 Å². The van der Waals surface area contributed by atoms with Gasteiger partial charge in [-0.3, -0.25) is 0 Å². The zero-order valence-corrected chi connectivity index (χ0v) is 15.8. The van der Waals surface area contributed by atoms with E-state index in [-0.39, 0.29) is 20.8 Å². The summed E-state index contributed by atoms with van der Waals surface area (Å²) in [6, 6.07) is 14.1. The zero-order valence-electron chi connectivity index (χ0n) is 13.7. The number of hydrogen-bond acceptors (Lipinski definition) is 0. The second kappa shape index (κ2) is 7.29. The van der Waals surface area contributed by atoms with E-state index in [2.05, 4.69) is 50.3 Å². The molecule has 0 spiro atoms. The Hall–Kier alpha value is -1.63. The molecule has 0 unspecified atom stereocenters. The van der Waals surface area contributed by atoms with Gasteiger partial charge in [0, 0.05) is 0 Å². The van der Waals surface area contributed by atoms with Crippen LogP contribution in [0.5, 0.6) is 0 Å². The zero-order chi connectivity index (χ0) is 16.2. The Morgan fingerprint density at radius 1 is 0.913 bits per heavy atom. The molecule has 0 fully saturated rings. The monoisotopic (exact) mass is 374 g/mol. The molecule has 23 heavy (non-hydrogen) atoms. The van der Waals surface area contributed by atoms with Gasteiger partial charge in [-0.1, -0.05) is 0 Å². The molecule has 0 atom stereocenters. The minimum absolute atomic E-state index is 0.0942. The van der Waals surface area contributed by atoms with Crippen LogP contribution >= 0.6 is 0 Å². The molecule has 3 rings (SSSR count). The van der Waals surface area contributed by atoms with Gasteiger partial charge in [-0.05, 0) is 0 Å². The quantitative estimate of drug-likeness (QED) is 0.627. The summed E-state index contributed by atoms with van der Waals surface area (Å²) in [5, 5.41) is 0. The Morgan fingerprint density at radius 3 is 2.30 bits per heavy atom. The maximum atomic E-state index is 14.6. The van der Waals surface area contributed by atoms with E-state index in [1.54, 1.807) is 6.07 Å². The number of halogens is 1. The van der Waals surface area contributed by atoms with E-state index in [0.717, 1.165) is 29.5 Å². The molecule has 0 aliphatic carbocycles. The summed E-state index contributed by atoms with van der Waals surface area (Å²) >= 11 is -0.326. The average Bonchev–Trinajstić information content (AvgIpc) is 3.03. The Morgan fingerprint density at radius 2 is 1.65 bits per heavy atom. The van der Waals surface area contributed by atoms with Gasteiger partial charge < -0.3 is 0 Å². The summed E-state index contributed by atoms with van der Waals surface area (Å²) in [4.78, 5) is 0. The van der Waals surface area contributed by atoms with Crippen LogP contribution < -0.4 is 0 Å². The van der Waals surface area contributed by atoms with Crippen LogP contribution in [0, 0.1) is 5.82 Å². The molecular weight excluding hydrogens is 350 g/mol. The van der Waals surface area contributed by atoms with Crippen LogP contribution in [0.2, 0.25) is 0 Å². The molecule has 0 N–H and O–H groups in total. The summed E-state index contributed by atoms with van der Waals surface area (Å²) in [6.45, 7) is 4.34. The Kier molecular flexibility index (Phi) is 5.15. The van der Waals surface area contributed by atoms with Crippen molar-refractivity contribution >= 4 is 19.4 Å². The molecule has 0 bridgehead atoms. The third-order valence-electron chi connectivity index (χ3n) is 4.22. The van der Waals surface area contributed by atoms with E-state index in [0.29, 0.717) is 0 Å². The van der Waals surface area contributed by atoms with E-state index in [1.165, 1.54) is 20.9 Å². The first kappa shape index (κ1) is 16.2. The van der Waals surface area contributed by atoms with Gasteiger partial charge in [0.25, 0.3) is 0 Å². The first-order valence-corrected chi connectivity index (χ1v) is 10.4. The van der Waals surface area contributed by atoms with Crippen molar-refractivity contribution in [1.82, 2.24) is 0 Å². The number of allylic oxidation sites excluding steroid dienone is 3. The standard InChI is InChI=1S/C21H23FSe/c1-3-5-18-11-13-21(23-18)19-12-10-17(14-20(19)22)16-8-6-15(4-2)7-9-16/h6-14H,3-5,23H2,1-2H3. The molecule has 1 aliphatic heterocycles. The molecule has 0 saturated heterocycles. The van der Waals surface area contributed by atoms with Crippen LogP contribution in [0.3, 0.4) is 0 Å². The van der Waals surface area contributed by atoms with Crippen LogP contribution in [0.25, 0.3) is 15.6 Å². The van der Waals surface area contributed by atoms with Gasteiger partial charge in [0.15, 0.2) is 0 Å². The molecule has 2 aromatic rings. The van der Waals surface area contributed by atoms with Gasteiger partial charge in [0.1, 0.15) is 0 Å². The van der Waals surface area contributed by atoms with Crippen molar-refractivity contribution in [3.8, 4) is 11.1 Å². The molecule has 0 nitrogen and oxygen atoms in total. The summed E-state index contributed by atoms with van der Waals surface area (Å²) in [5.41, 5.74) is 4.13. The molecule has 0 amide bonds. The number of rotatable bonds is 5. The fraction of sp³-hybridized carbons (Fsp3) is 0.238. The summed E-state index contributed by atoms with van der Waals surface area (Å²) in [5.74, 6) is -0.0942. The maximum absolute atomic E-state index is 14.6. The van der Waals surface area contributed by atoms with Crippen LogP contribution in [-0.4, -0.2) is 15.0 Å². The Balaban J connectivity index is 1.81. The number of hydrogen-bond donors (Lipinski definition) is 0. The fourth-order valence-electron chi connectivity index (χ4n) is 2.86. The second-order valence-electron chi connectivity index (χ2n) is 5.89. The van der Waals surface area contributed by atoms with Gasteiger partial charge in [-0.2, -0.15) is 0 Å². The van der Waals surface area contributed by atoms with Crippen LogP contribution in [0.15, 0.2) is 59.1 Å². The van der Waals surface area contributed by atoms with Crippen molar-refractivity contribution < 1.29 is 4.39 Å². The molecule has 0 saturated carbocycles. The molecule has 120 valence electrons. The molecular formula is C21H23FSe. The third-order valence-corrected chi connectivity index (χ3v) is 7.25. The van der Waals surface area contributed by atoms with E-state index >= 15 is 0 Å². The molecule has 0 aromatic heterocycles. The molecule has 1 heterocycles. The number of benzene rings is 2. The predicted molar refractivity (Wildman–Crippen MR) is 101 cm³/mol.